The number of rotatable bonds is 6. The molecule has 2 aromatic rings. The van der Waals surface area contributed by atoms with Crippen LogP contribution in [-0.4, -0.2) is 45.3 Å². The number of amides is 1. The van der Waals surface area contributed by atoms with Crippen LogP contribution >= 0.6 is 11.3 Å². The number of esters is 1. The Morgan fingerprint density at radius 3 is 2.66 bits per heavy atom. The van der Waals surface area contributed by atoms with Crippen LogP contribution in [0.15, 0.2) is 35.2 Å². The van der Waals surface area contributed by atoms with E-state index in [0.717, 1.165) is 30.0 Å². The molecular weight excluding hydrogens is 412 g/mol. The summed E-state index contributed by atoms with van der Waals surface area (Å²) in [7, 11) is -0.734. The number of carbonyl (C=O) groups is 2. The van der Waals surface area contributed by atoms with E-state index in [1.165, 1.54) is 60.5 Å². The van der Waals surface area contributed by atoms with E-state index in [-0.39, 0.29) is 4.90 Å². The zero-order valence-electron chi connectivity index (χ0n) is 16.4. The minimum atomic E-state index is -3.60. The fourth-order valence-electron chi connectivity index (χ4n) is 3.11. The van der Waals surface area contributed by atoms with Gasteiger partial charge in [0.1, 0.15) is 4.88 Å². The molecule has 0 unspecified atom stereocenters. The van der Waals surface area contributed by atoms with Crippen molar-refractivity contribution < 1.29 is 22.7 Å². The number of nitrogens with zero attached hydrogens (tertiary/aromatic N) is 1. The molecule has 9 heteroatoms. The molecule has 0 atom stereocenters. The van der Waals surface area contributed by atoms with Gasteiger partial charge in [-0.25, -0.2) is 17.5 Å². The maximum atomic E-state index is 12.3. The van der Waals surface area contributed by atoms with Crippen molar-refractivity contribution >= 4 is 38.9 Å². The van der Waals surface area contributed by atoms with Gasteiger partial charge in [0, 0.05) is 24.7 Å². The number of thiophene rings is 1. The molecule has 0 spiro atoms. The molecule has 0 saturated carbocycles. The minimum absolute atomic E-state index is 0.0670. The average molecular weight is 437 g/mol. The van der Waals surface area contributed by atoms with Gasteiger partial charge in [0.15, 0.2) is 6.61 Å². The lowest BCUT2D eigenvalue weighted by Crippen LogP contribution is -2.23. The Morgan fingerprint density at radius 1 is 1.14 bits per heavy atom. The molecule has 0 aliphatic heterocycles. The lowest BCUT2D eigenvalue weighted by atomic mass is 10.1. The summed E-state index contributed by atoms with van der Waals surface area (Å²) in [6, 6.07) is 7.81. The number of carbonyl (C=O) groups excluding carboxylic acids is 2. The summed E-state index contributed by atoms with van der Waals surface area (Å²) in [6.07, 6.45) is 5.43. The molecule has 3 rings (SSSR count). The fraction of sp³-hybridized carbons (Fsp3) is 0.400. The number of aryl methyl sites for hydroxylation is 2. The summed E-state index contributed by atoms with van der Waals surface area (Å²) >= 11 is 1.44. The Bertz CT molecular complexity index is 988. The van der Waals surface area contributed by atoms with Crippen LogP contribution in [-0.2, 0) is 32.4 Å². The first-order valence-electron chi connectivity index (χ1n) is 9.38. The highest BCUT2D eigenvalue weighted by molar-refractivity contribution is 7.89. The van der Waals surface area contributed by atoms with Gasteiger partial charge >= 0.3 is 5.97 Å². The second kappa shape index (κ2) is 9.06. The highest BCUT2D eigenvalue weighted by Gasteiger charge is 2.19. The van der Waals surface area contributed by atoms with Crippen molar-refractivity contribution in [3.05, 3.63) is 45.6 Å². The van der Waals surface area contributed by atoms with Crippen molar-refractivity contribution in [1.82, 2.24) is 4.31 Å². The quantitative estimate of drug-likeness (QED) is 0.555. The van der Waals surface area contributed by atoms with Crippen molar-refractivity contribution in [3.63, 3.8) is 0 Å². The van der Waals surface area contributed by atoms with Gasteiger partial charge in [0.05, 0.1) is 4.90 Å². The number of ether oxygens (including phenoxy) is 1. The van der Waals surface area contributed by atoms with E-state index in [2.05, 4.69) is 5.32 Å². The third-order valence-corrected chi connectivity index (χ3v) is 7.71. The molecule has 1 aromatic carbocycles. The number of hydrogen-bond donors (Lipinski definition) is 1. The number of fused-ring (bicyclic) bond motifs is 1. The van der Waals surface area contributed by atoms with Gasteiger partial charge in [-0.2, -0.15) is 0 Å². The third-order valence-electron chi connectivity index (χ3n) is 4.68. The van der Waals surface area contributed by atoms with Crippen LogP contribution in [0, 0.1) is 0 Å². The summed E-state index contributed by atoms with van der Waals surface area (Å²) in [5.74, 6) is -1.04. The average Bonchev–Trinajstić information content (AvgIpc) is 2.97. The number of nitrogens with one attached hydrogen (secondary N) is 1. The van der Waals surface area contributed by atoms with Crippen molar-refractivity contribution in [3.8, 4) is 0 Å². The number of sulfonamides is 1. The highest BCUT2D eigenvalue weighted by Crippen LogP contribution is 2.29. The van der Waals surface area contributed by atoms with E-state index in [9.17, 15) is 18.0 Å². The summed E-state index contributed by atoms with van der Waals surface area (Å²) in [5, 5.41) is 2.56. The van der Waals surface area contributed by atoms with Crippen LogP contribution in [0.25, 0.3) is 0 Å². The molecule has 1 amide bonds. The molecule has 1 aliphatic rings. The maximum Gasteiger partial charge on any atom is 0.348 e. The molecular formula is C20H24N2O5S2. The maximum absolute atomic E-state index is 12.3. The SMILES string of the molecule is CN(C)S(=O)(=O)c1cccc(NC(=O)COC(=O)c2cc3c(s2)CCCCC3)c1. The summed E-state index contributed by atoms with van der Waals surface area (Å²) < 4.78 is 30.6. The molecule has 7 nitrogen and oxygen atoms in total. The molecule has 1 N–H and O–H groups in total. The second-order valence-electron chi connectivity index (χ2n) is 7.06. The Kier molecular flexibility index (Phi) is 6.71. The van der Waals surface area contributed by atoms with Crippen LogP contribution in [0.5, 0.6) is 0 Å². The first-order chi connectivity index (χ1) is 13.8. The van der Waals surface area contributed by atoms with E-state index in [1.54, 1.807) is 6.07 Å². The van der Waals surface area contributed by atoms with Gasteiger partial charge in [-0.15, -0.1) is 11.3 Å². The molecule has 29 heavy (non-hydrogen) atoms. The van der Waals surface area contributed by atoms with E-state index in [4.69, 9.17) is 4.74 Å². The number of hydrogen-bond acceptors (Lipinski definition) is 6. The third kappa shape index (κ3) is 5.23. The Labute approximate surface area is 174 Å². The molecule has 1 aromatic heterocycles. The summed E-state index contributed by atoms with van der Waals surface area (Å²) in [4.78, 5) is 26.2. The fourth-order valence-corrected chi connectivity index (χ4v) is 5.21. The van der Waals surface area contributed by atoms with Gasteiger partial charge in [-0.1, -0.05) is 12.5 Å². The largest absolute Gasteiger partial charge is 0.451 e. The van der Waals surface area contributed by atoms with Crippen LogP contribution in [0.3, 0.4) is 0 Å². The standard InChI is InChI=1S/C20H24N2O5S2/c1-22(2)29(25,26)16-9-6-8-15(12-16)21-19(23)13-27-20(24)18-11-14-7-4-3-5-10-17(14)28-18/h6,8-9,11-12H,3-5,7,10,13H2,1-2H3,(H,21,23). The van der Waals surface area contributed by atoms with Crippen LogP contribution in [0.1, 0.15) is 39.4 Å². The summed E-state index contributed by atoms with van der Waals surface area (Å²) in [5.41, 5.74) is 1.53. The Balaban J connectivity index is 1.58. The van der Waals surface area contributed by atoms with Gasteiger partial charge in [0.25, 0.3) is 5.91 Å². The topological polar surface area (TPSA) is 92.8 Å². The Morgan fingerprint density at radius 2 is 1.90 bits per heavy atom. The van der Waals surface area contributed by atoms with Crippen LogP contribution in [0.2, 0.25) is 0 Å². The van der Waals surface area contributed by atoms with Crippen molar-refractivity contribution in [1.29, 1.82) is 0 Å². The molecule has 1 heterocycles. The molecule has 0 bridgehead atoms. The minimum Gasteiger partial charge on any atom is -0.451 e. The van der Waals surface area contributed by atoms with Gasteiger partial charge in [-0.3, -0.25) is 4.79 Å². The van der Waals surface area contributed by atoms with E-state index in [0.29, 0.717) is 10.6 Å². The molecule has 1 aliphatic carbocycles. The van der Waals surface area contributed by atoms with Crippen LogP contribution < -0.4 is 5.32 Å². The first kappa shape index (κ1) is 21.5. The summed E-state index contributed by atoms with van der Waals surface area (Å²) in [6.45, 7) is -0.438. The number of anilines is 1. The molecule has 0 saturated heterocycles. The second-order valence-corrected chi connectivity index (χ2v) is 10.3. The van der Waals surface area contributed by atoms with Crippen molar-refractivity contribution in [2.75, 3.05) is 26.0 Å². The van der Waals surface area contributed by atoms with Gasteiger partial charge in [-0.05, 0) is 55.5 Å². The predicted octanol–water partition coefficient (Wildman–Crippen LogP) is 3.06. The van der Waals surface area contributed by atoms with Crippen LogP contribution in [0.4, 0.5) is 5.69 Å². The van der Waals surface area contributed by atoms with Crippen molar-refractivity contribution in [2.45, 2.75) is 37.0 Å². The van der Waals surface area contributed by atoms with E-state index < -0.39 is 28.5 Å². The Hall–Kier alpha value is -2.23. The normalized spacial score (nSPS) is 14.2. The predicted molar refractivity (Wildman–Crippen MR) is 112 cm³/mol. The monoisotopic (exact) mass is 436 g/mol. The van der Waals surface area contributed by atoms with Gasteiger partial charge in [0.2, 0.25) is 10.0 Å². The molecule has 0 fully saturated rings. The zero-order valence-corrected chi connectivity index (χ0v) is 18.1. The highest BCUT2D eigenvalue weighted by atomic mass is 32.2. The smallest absolute Gasteiger partial charge is 0.348 e. The van der Waals surface area contributed by atoms with E-state index in [1.807, 2.05) is 6.07 Å². The van der Waals surface area contributed by atoms with Gasteiger partial charge < -0.3 is 10.1 Å². The van der Waals surface area contributed by atoms with Crippen molar-refractivity contribution in [2.24, 2.45) is 0 Å². The first-order valence-corrected chi connectivity index (χ1v) is 11.6. The lowest BCUT2D eigenvalue weighted by molar-refractivity contribution is -0.119. The zero-order chi connectivity index (χ0) is 21.0. The lowest BCUT2D eigenvalue weighted by Gasteiger charge is -2.12. The number of benzene rings is 1. The molecule has 0 radical (unpaired) electrons. The van der Waals surface area contributed by atoms with E-state index >= 15 is 0 Å². The molecule has 156 valence electrons.